The van der Waals surface area contributed by atoms with Crippen LogP contribution >= 0.6 is 11.3 Å². The topological polar surface area (TPSA) is 59.8 Å². The third-order valence-corrected chi connectivity index (χ3v) is 5.77. The average Bonchev–Trinajstić information content (AvgIpc) is 3.21. The molecule has 1 aliphatic carbocycles. The maximum atomic E-state index is 12.6. The van der Waals surface area contributed by atoms with Crippen molar-refractivity contribution in [3.05, 3.63) is 33.0 Å². The first-order valence-corrected chi connectivity index (χ1v) is 8.94. The van der Waals surface area contributed by atoms with Crippen molar-refractivity contribution in [1.29, 1.82) is 0 Å². The van der Waals surface area contributed by atoms with E-state index in [1.54, 1.807) is 11.3 Å². The fraction of sp³-hybridized carbons (Fsp3) is 0.562. The Bertz CT molecular complexity index is 718. The lowest BCUT2D eigenvalue weighted by Gasteiger charge is -2.16. The Morgan fingerprint density at radius 1 is 1.27 bits per heavy atom. The molecule has 1 aliphatic heterocycles. The van der Waals surface area contributed by atoms with E-state index in [9.17, 15) is 4.79 Å². The summed E-state index contributed by atoms with van der Waals surface area (Å²) in [5.41, 5.74) is 2.14. The van der Waals surface area contributed by atoms with Gasteiger partial charge in [0.15, 0.2) is 5.82 Å². The fourth-order valence-electron chi connectivity index (χ4n) is 3.52. The number of aromatic nitrogens is 3. The van der Waals surface area contributed by atoms with Crippen LogP contribution in [0.3, 0.4) is 0 Å². The van der Waals surface area contributed by atoms with Crippen molar-refractivity contribution in [2.75, 3.05) is 0 Å². The minimum atomic E-state index is -0.106. The van der Waals surface area contributed by atoms with Gasteiger partial charge in [-0.2, -0.15) is 0 Å². The van der Waals surface area contributed by atoms with Crippen molar-refractivity contribution in [2.45, 2.75) is 58.0 Å². The highest BCUT2D eigenvalue weighted by Gasteiger charge is 2.25. The van der Waals surface area contributed by atoms with Crippen LogP contribution in [0.15, 0.2) is 5.38 Å². The summed E-state index contributed by atoms with van der Waals surface area (Å²) in [6.45, 7) is 2.96. The number of hydrogen-bond acceptors (Lipinski definition) is 4. The maximum Gasteiger partial charge on any atom is 0.252 e. The Kier molecular flexibility index (Phi) is 3.48. The summed E-state index contributed by atoms with van der Waals surface area (Å²) >= 11 is 1.73. The summed E-state index contributed by atoms with van der Waals surface area (Å²) < 4.78 is 2.15. The van der Waals surface area contributed by atoms with Crippen LogP contribution in [-0.2, 0) is 25.8 Å². The summed E-state index contributed by atoms with van der Waals surface area (Å²) in [5.74, 6) is 1.95. The summed E-state index contributed by atoms with van der Waals surface area (Å²) in [5, 5.41) is 13.6. The quantitative estimate of drug-likeness (QED) is 0.947. The maximum absolute atomic E-state index is 12.6. The molecule has 0 saturated carbocycles. The number of aryl methyl sites for hydroxylation is 2. The molecule has 0 saturated heterocycles. The zero-order valence-electron chi connectivity index (χ0n) is 12.8. The van der Waals surface area contributed by atoms with E-state index >= 15 is 0 Å². The van der Waals surface area contributed by atoms with Crippen molar-refractivity contribution in [3.63, 3.8) is 0 Å². The number of thiophene rings is 1. The number of carbonyl (C=O) groups is 1. The van der Waals surface area contributed by atoms with Gasteiger partial charge >= 0.3 is 0 Å². The van der Waals surface area contributed by atoms with Gasteiger partial charge in [0, 0.05) is 23.2 Å². The molecule has 2 aromatic heterocycles. The standard InChI is InChI=1S/C16H20N4OS/c1-10(15-19-18-14-7-4-8-20(14)15)17-16(21)12-9-22-13-6-3-2-5-11(12)13/h9-10H,2-8H2,1H3,(H,17,21). The molecular formula is C16H20N4OS. The molecular weight excluding hydrogens is 296 g/mol. The van der Waals surface area contributed by atoms with Gasteiger partial charge in [-0.25, -0.2) is 0 Å². The number of hydrogen-bond donors (Lipinski definition) is 1. The molecule has 1 amide bonds. The lowest BCUT2D eigenvalue weighted by molar-refractivity contribution is 0.0937. The van der Waals surface area contributed by atoms with Crippen molar-refractivity contribution < 1.29 is 4.79 Å². The molecule has 1 atom stereocenters. The summed E-state index contributed by atoms with van der Waals surface area (Å²) in [7, 11) is 0. The molecule has 5 nitrogen and oxygen atoms in total. The van der Waals surface area contributed by atoms with Crippen molar-refractivity contribution in [1.82, 2.24) is 20.1 Å². The van der Waals surface area contributed by atoms with E-state index in [0.29, 0.717) is 0 Å². The zero-order chi connectivity index (χ0) is 15.1. The third-order valence-electron chi connectivity index (χ3n) is 4.68. The summed E-state index contributed by atoms with van der Waals surface area (Å²) in [6, 6.07) is -0.106. The van der Waals surface area contributed by atoms with E-state index in [2.05, 4.69) is 20.1 Å². The van der Waals surface area contributed by atoms with E-state index in [-0.39, 0.29) is 11.9 Å². The molecule has 116 valence electrons. The van der Waals surface area contributed by atoms with E-state index in [4.69, 9.17) is 0 Å². The van der Waals surface area contributed by atoms with Gasteiger partial charge in [0.05, 0.1) is 11.6 Å². The van der Waals surface area contributed by atoms with Crippen LogP contribution in [0.4, 0.5) is 0 Å². The largest absolute Gasteiger partial charge is 0.342 e. The van der Waals surface area contributed by atoms with Gasteiger partial charge in [-0.05, 0) is 44.6 Å². The molecule has 0 spiro atoms. The molecule has 1 N–H and O–H groups in total. The molecule has 0 bridgehead atoms. The van der Waals surface area contributed by atoms with Crippen LogP contribution < -0.4 is 5.32 Å². The Labute approximate surface area is 133 Å². The monoisotopic (exact) mass is 316 g/mol. The van der Waals surface area contributed by atoms with Crippen LogP contribution in [0.1, 0.15) is 64.7 Å². The van der Waals surface area contributed by atoms with Gasteiger partial charge in [-0.15, -0.1) is 21.5 Å². The number of nitrogens with zero attached hydrogens (tertiary/aromatic N) is 3. The Morgan fingerprint density at radius 2 is 2.14 bits per heavy atom. The van der Waals surface area contributed by atoms with Gasteiger partial charge in [-0.3, -0.25) is 4.79 Å². The summed E-state index contributed by atoms with van der Waals surface area (Å²) in [4.78, 5) is 14.0. The predicted molar refractivity (Wildman–Crippen MR) is 85.2 cm³/mol. The molecule has 0 aromatic carbocycles. The smallest absolute Gasteiger partial charge is 0.252 e. The molecule has 6 heteroatoms. The van der Waals surface area contributed by atoms with E-state index in [0.717, 1.165) is 49.4 Å². The Morgan fingerprint density at radius 3 is 3.05 bits per heavy atom. The van der Waals surface area contributed by atoms with Gasteiger partial charge < -0.3 is 9.88 Å². The first-order chi connectivity index (χ1) is 10.7. The molecule has 22 heavy (non-hydrogen) atoms. The van der Waals surface area contributed by atoms with Crippen LogP contribution in [0.5, 0.6) is 0 Å². The van der Waals surface area contributed by atoms with Crippen LogP contribution in [0.2, 0.25) is 0 Å². The lowest BCUT2D eigenvalue weighted by Crippen LogP contribution is -2.29. The van der Waals surface area contributed by atoms with Crippen molar-refractivity contribution >= 4 is 17.2 Å². The molecule has 4 rings (SSSR count). The highest BCUT2D eigenvalue weighted by Crippen LogP contribution is 2.30. The predicted octanol–water partition coefficient (Wildman–Crippen LogP) is 2.66. The Balaban J connectivity index is 1.53. The normalized spacial score (nSPS) is 17.9. The fourth-order valence-corrected chi connectivity index (χ4v) is 4.64. The molecule has 0 fully saturated rings. The second kappa shape index (κ2) is 5.50. The lowest BCUT2D eigenvalue weighted by atomic mass is 9.95. The SMILES string of the molecule is CC(NC(=O)c1csc2c1CCCC2)c1nnc2n1CCC2. The van der Waals surface area contributed by atoms with Crippen LogP contribution in [0.25, 0.3) is 0 Å². The zero-order valence-corrected chi connectivity index (χ0v) is 13.6. The van der Waals surface area contributed by atoms with Gasteiger partial charge in [0.25, 0.3) is 5.91 Å². The molecule has 0 radical (unpaired) electrons. The van der Waals surface area contributed by atoms with Crippen molar-refractivity contribution in [2.24, 2.45) is 0 Å². The van der Waals surface area contributed by atoms with E-state index in [1.165, 1.54) is 23.3 Å². The van der Waals surface area contributed by atoms with Crippen molar-refractivity contribution in [3.8, 4) is 0 Å². The molecule has 1 unspecified atom stereocenters. The number of carbonyl (C=O) groups excluding carboxylic acids is 1. The number of amides is 1. The number of fused-ring (bicyclic) bond motifs is 2. The molecule has 3 heterocycles. The first kappa shape index (κ1) is 13.9. The average molecular weight is 316 g/mol. The second-order valence-electron chi connectivity index (χ2n) is 6.18. The number of rotatable bonds is 3. The van der Waals surface area contributed by atoms with E-state index < -0.39 is 0 Å². The molecule has 2 aromatic rings. The summed E-state index contributed by atoms with van der Waals surface area (Å²) in [6.07, 6.45) is 6.72. The van der Waals surface area contributed by atoms with Gasteiger partial charge in [0.2, 0.25) is 0 Å². The van der Waals surface area contributed by atoms with E-state index in [1.807, 2.05) is 12.3 Å². The number of nitrogens with one attached hydrogen (secondary N) is 1. The minimum Gasteiger partial charge on any atom is -0.342 e. The highest BCUT2D eigenvalue weighted by molar-refractivity contribution is 7.10. The third kappa shape index (κ3) is 2.26. The highest BCUT2D eigenvalue weighted by atomic mass is 32.1. The molecule has 2 aliphatic rings. The van der Waals surface area contributed by atoms with Crippen LogP contribution in [0, 0.1) is 0 Å². The first-order valence-electron chi connectivity index (χ1n) is 8.06. The van der Waals surface area contributed by atoms with Gasteiger partial charge in [0.1, 0.15) is 5.82 Å². The Hall–Kier alpha value is -1.69. The second-order valence-corrected chi connectivity index (χ2v) is 7.15. The minimum absolute atomic E-state index is 0.0299. The van der Waals surface area contributed by atoms with Gasteiger partial charge in [-0.1, -0.05) is 0 Å². The van der Waals surface area contributed by atoms with Crippen LogP contribution in [-0.4, -0.2) is 20.7 Å².